The topological polar surface area (TPSA) is 50.1 Å². The van der Waals surface area contributed by atoms with E-state index in [4.69, 9.17) is 4.42 Å². The van der Waals surface area contributed by atoms with Crippen LogP contribution in [0.15, 0.2) is 35.1 Å². The van der Waals surface area contributed by atoms with Crippen molar-refractivity contribution in [3.05, 3.63) is 47.8 Å². The van der Waals surface area contributed by atoms with E-state index in [2.05, 4.69) is 15.6 Å². The highest BCUT2D eigenvalue weighted by Gasteiger charge is 2.16. The van der Waals surface area contributed by atoms with Crippen LogP contribution in [0.3, 0.4) is 0 Å². The van der Waals surface area contributed by atoms with Crippen molar-refractivity contribution in [2.75, 3.05) is 5.32 Å². The summed E-state index contributed by atoms with van der Waals surface area (Å²) in [6, 6.07) is 5.20. The highest BCUT2D eigenvalue weighted by atomic mass is 19.1. The molecule has 2 aromatic heterocycles. The monoisotopic (exact) mass is 291 g/mol. The van der Waals surface area contributed by atoms with Crippen molar-refractivity contribution in [2.24, 2.45) is 0 Å². The fourth-order valence-corrected chi connectivity index (χ4v) is 1.90. The fourth-order valence-electron chi connectivity index (χ4n) is 1.90. The molecular weight excluding hydrogens is 269 g/mol. The van der Waals surface area contributed by atoms with Crippen molar-refractivity contribution in [3.8, 4) is 0 Å². The first kappa shape index (κ1) is 15.5. The van der Waals surface area contributed by atoms with Gasteiger partial charge in [-0.1, -0.05) is 0 Å². The number of hydrogen-bond acceptors (Lipinski definition) is 4. The summed E-state index contributed by atoms with van der Waals surface area (Å²) < 4.78 is 19.8. The van der Waals surface area contributed by atoms with E-state index in [0.717, 1.165) is 5.76 Å². The van der Waals surface area contributed by atoms with Crippen molar-refractivity contribution in [2.45, 2.75) is 45.8 Å². The van der Waals surface area contributed by atoms with Crippen LogP contribution < -0.4 is 10.6 Å². The van der Waals surface area contributed by atoms with Crippen LogP contribution in [0.5, 0.6) is 0 Å². The molecule has 0 saturated heterocycles. The van der Waals surface area contributed by atoms with Crippen molar-refractivity contribution >= 4 is 5.82 Å². The van der Waals surface area contributed by atoms with E-state index < -0.39 is 0 Å². The van der Waals surface area contributed by atoms with Crippen LogP contribution in [0.2, 0.25) is 0 Å². The Balaban J connectivity index is 2.10. The Morgan fingerprint density at radius 1 is 1.33 bits per heavy atom. The van der Waals surface area contributed by atoms with Gasteiger partial charge in [-0.15, -0.1) is 0 Å². The molecule has 2 heterocycles. The van der Waals surface area contributed by atoms with Crippen molar-refractivity contribution in [3.63, 3.8) is 0 Å². The van der Waals surface area contributed by atoms with Crippen molar-refractivity contribution < 1.29 is 8.81 Å². The quantitative estimate of drug-likeness (QED) is 0.878. The summed E-state index contributed by atoms with van der Waals surface area (Å²) in [6.45, 7) is 8.50. The second kappa shape index (κ2) is 6.26. The lowest BCUT2D eigenvalue weighted by molar-refractivity contribution is 0.418. The van der Waals surface area contributed by atoms with Gasteiger partial charge in [0.05, 0.1) is 12.3 Å². The summed E-state index contributed by atoms with van der Waals surface area (Å²) >= 11 is 0. The van der Waals surface area contributed by atoms with Crippen LogP contribution in [-0.4, -0.2) is 10.5 Å². The molecule has 0 aromatic carbocycles. The maximum absolute atomic E-state index is 14.5. The van der Waals surface area contributed by atoms with Gasteiger partial charge >= 0.3 is 0 Å². The normalized spacial score (nSPS) is 13.2. The molecule has 2 N–H and O–H groups in total. The first-order valence-corrected chi connectivity index (χ1v) is 7.05. The molecule has 0 spiro atoms. The predicted octanol–water partition coefficient (Wildman–Crippen LogP) is 3.87. The zero-order valence-electron chi connectivity index (χ0n) is 12.9. The lowest BCUT2D eigenvalue weighted by Gasteiger charge is -2.21. The molecule has 21 heavy (non-hydrogen) atoms. The fraction of sp³-hybridized carbons (Fsp3) is 0.438. The number of furan rings is 1. The first-order chi connectivity index (χ1) is 9.87. The van der Waals surface area contributed by atoms with Crippen LogP contribution in [0.4, 0.5) is 10.2 Å². The van der Waals surface area contributed by atoms with Crippen LogP contribution >= 0.6 is 0 Å². The molecule has 0 bridgehead atoms. The summed E-state index contributed by atoms with van der Waals surface area (Å²) in [6.07, 6.45) is 3.21. The van der Waals surface area contributed by atoms with Gasteiger partial charge in [0.25, 0.3) is 0 Å². The van der Waals surface area contributed by atoms with Gasteiger partial charge in [-0.2, -0.15) is 0 Å². The Morgan fingerprint density at radius 3 is 2.71 bits per heavy atom. The summed E-state index contributed by atoms with van der Waals surface area (Å²) in [5.74, 6) is 0.661. The van der Waals surface area contributed by atoms with Gasteiger partial charge in [-0.3, -0.25) is 0 Å². The SMILES string of the molecule is CC(Nc1nccc(CNC(C)(C)C)c1F)c1ccco1. The molecule has 2 aromatic rings. The standard InChI is InChI=1S/C16H22FN3O/c1-11(13-6-5-9-21-13)20-15-14(17)12(7-8-18-15)10-19-16(2,3)4/h5-9,11,19H,10H2,1-4H3,(H,18,20). The van der Waals surface area contributed by atoms with E-state index in [1.54, 1.807) is 24.6 Å². The van der Waals surface area contributed by atoms with Gasteiger partial charge in [0.1, 0.15) is 5.76 Å². The molecule has 0 aliphatic rings. The summed E-state index contributed by atoms with van der Waals surface area (Å²) in [4.78, 5) is 4.08. The second-order valence-corrected chi connectivity index (χ2v) is 6.12. The third-order valence-electron chi connectivity index (χ3n) is 3.10. The highest BCUT2D eigenvalue weighted by molar-refractivity contribution is 5.41. The number of nitrogens with one attached hydrogen (secondary N) is 2. The third-order valence-corrected chi connectivity index (χ3v) is 3.10. The van der Waals surface area contributed by atoms with Crippen LogP contribution in [0.25, 0.3) is 0 Å². The number of aromatic nitrogens is 1. The molecule has 1 unspecified atom stereocenters. The minimum atomic E-state index is -0.326. The molecule has 5 heteroatoms. The van der Waals surface area contributed by atoms with Crippen molar-refractivity contribution in [1.29, 1.82) is 0 Å². The Hall–Kier alpha value is -1.88. The van der Waals surface area contributed by atoms with E-state index in [9.17, 15) is 4.39 Å². The lowest BCUT2D eigenvalue weighted by Crippen LogP contribution is -2.35. The van der Waals surface area contributed by atoms with Gasteiger partial charge in [0.2, 0.25) is 0 Å². The summed E-state index contributed by atoms with van der Waals surface area (Å²) in [7, 11) is 0. The predicted molar refractivity (Wildman–Crippen MR) is 81.5 cm³/mol. The number of hydrogen-bond donors (Lipinski definition) is 2. The molecule has 0 aliphatic heterocycles. The minimum absolute atomic E-state index is 0.0647. The van der Waals surface area contributed by atoms with Gasteiger partial charge in [0, 0.05) is 23.8 Å². The molecule has 114 valence electrons. The molecule has 4 nitrogen and oxygen atoms in total. The zero-order valence-corrected chi connectivity index (χ0v) is 12.9. The van der Waals surface area contributed by atoms with Gasteiger partial charge in [-0.05, 0) is 45.9 Å². The second-order valence-electron chi connectivity index (χ2n) is 6.12. The molecule has 0 radical (unpaired) electrons. The van der Waals surface area contributed by atoms with Gasteiger partial charge in [-0.25, -0.2) is 9.37 Å². The van der Waals surface area contributed by atoms with E-state index in [-0.39, 0.29) is 23.2 Å². The summed E-state index contributed by atoms with van der Waals surface area (Å²) in [5.41, 5.74) is 0.527. The van der Waals surface area contributed by atoms with Crippen LogP contribution in [0.1, 0.15) is 45.1 Å². The summed E-state index contributed by atoms with van der Waals surface area (Å²) in [5, 5.41) is 6.32. The zero-order chi connectivity index (χ0) is 15.5. The molecule has 0 saturated carbocycles. The molecule has 2 rings (SSSR count). The Bertz CT molecular complexity index is 576. The maximum atomic E-state index is 14.5. The first-order valence-electron chi connectivity index (χ1n) is 7.05. The van der Waals surface area contributed by atoms with E-state index >= 15 is 0 Å². The highest BCUT2D eigenvalue weighted by Crippen LogP contribution is 2.22. The Kier molecular flexibility index (Phi) is 4.63. The molecular formula is C16H22FN3O. The Labute approximate surface area is 124 Å². The number of anilines is 1. The lowest BCUT2D eigenvalue weighted by atomic mass is 10.1. The molecule has 0 aliphatic carbocycles. The van der Waals surface area contributed by atoms with E-state index in [1.807, 2.05) is 33.8 Å². The van der Waals surface area contributed by atoms with E-state index in [0.29, 0.717) is 12.1 Å². The Morgan fingerprint density at radius 2 is 2.10 bits per heavy atom. The number of rotatable bonds is 5. The number of pyridine rings is 1. The van der Waals surface area contributed by atoms with Gasteiger partial charge < -0.3 is 15.1 Å². The van der Waals surface area contributed by atoms with Gasteiger partial charge in [0.15, 0.2) is 11.6 Å². The maximum Gasteiger partial charge on any atom is 0.169 e. The molecule has 0 fully saturated rings. The number of halogens is 1. The molecule has 0 amide bonds. The average molecular weight is 291 g/mol. The van der Waals surface area contributed by atoms with Crippen LogP contribution in [0, 0.1) is 5.82 Å². The van der Waals surface area contributed by atoms with Crippen molar-refractivity contribution in [1.82, 2.24) is 10.3 Å². The third kappa shape index (κ3) is 4.29. The largest absolute Gasteiger partial charge is 0.467 e. The minimum Gasteiger partial charge on any atom is -0.467 e. The number of nitrogens with zero attached hydrogens (tertiary/aromatic N) is 1. The smallest absolute Gasteiger partial charge is 0.169 e. The van der Waals surface area contributed by atoms with E-state index in [1.165, 1.54) is 0 Å². The average Bonchev–Trinajstić information content (AvgIpc) is 2.92. The molecule has 1 atom stereocenters. The van der Waals surface area contributed by atoms with Crippen LogP contribution in [-0.2, 0) is 6.54 Å².